The molecule has 21 heavy (non-hydrogen) atoms. The minimum absolute atomic E-state index is 0.213. The first-order chi connectivity index (χ1) is 9.99. The average molecular weight is 276 g/mol. The highest BCUT2D eigenvalue weighted by atomic mass is 14.2. The van der Waals surface area contributed by atoms with Gasteiger partial charge < -0.3 is 0 Å². The molecule has 0 aliphatic heterocycles. The summed E-state index contributed by atoms with van der Waals surface area (Å²) in [5.41, 5.74) is 5.29. The summed E-state index contributed by atoms with van der Waals surface area (Å²) in [6, 6.07) is 17.4. The fraction of sp³-hybridized carbons (Fsp3) is 0.238. The first-order valence-corrected chi connectivity index (χ1v) is 7.50. The van der Waals surface area contributed by atoms with Crippen molar-refractivity contribution in [3.63, 3.8) is 0 Å². The Morgan fingerprint density at radius 1 is 0.619 bits per heavy atom. The van der Waals surface area contributed by atoms with E-state index in [-0.39, 0.29) is 5.41 Å². The predicted molar refractivity (Wildman–Crippen MR) is 95.2 cm³/mol. The van der Waals surface area contributed by atoms with Crippen LogP contribution in [0.25, 0.3) is 18.2 Å². The average Bonchev–Trinajstić information content (AvgIpc) is 2.46. The molecule has 0 saturated carbocycles. The Morgan fingerprint density at radius 2 is 1.00 bits per heavy atom. The molecule has 0 nitrogen and oxygen atoms in total. The van der Waals surface area contributed by atoms with E-state index in [0.29, 0.717) is 0 Å². The second kappa shape index (κ2) is 6.58. The van der Waals surface area contributed by atoms with E-state index < -0.39 is 0 Å². The van der Waals surface area contributed by atoms with Crippen LogP contribution in [0, 0.1) is 0 Å². The van der Waals surface area contributed by atoms with E-state index in [2.05, 4.69) is 93.6 Å². The summed E-state index contributed by atoms with van der Waals surface area (Å²) in [4.78, 5) is 0. The van der Waals surface area contributed by atoms with Crippen molar-refractivity contribution in [3.8, 4) is 0 Å². The SMILES string of the molecule is CC=Cc1ccc(C=Cc2ccc(C(C)(C)C)cc2)cc1. The van der Waals surface area contributed by atoms with Crippen molar-refractivity contribution in [2.45, 2.75) is 33.1 Å². The van der Waals surface area contributed by atoms with Crippen molar-refractivity contribution in [1.82, 2.24) is 0 Å². The number of hydrogen-bond donors (Lipinski definition) is 0. The summed E-state index contributed by atoms with van der Waals surface area (Å²) >= 11 is 0. The molecule has 2 rings (SSSR count). The van der Waals surface area contributed by atoms with Gasteiger partial charge in [-0.1, -0.05) is 93.6 Å². The largest absolute Gasteiger partial charge is 0.0871 e. The molecule has 0 spiro atoms. The Hall–Kier alpha value is -2.08. The van der Waals surface area contributed by atoms with Crippen LogP contribution in [0.15, 0.2) is 54.6 Å². The van der Waals surface area contributed by atoms with Crippen molar-refractivity contribution in [2.75, 3.05) is 0 Å². The van der Waals surface area contributed by atoms with E-state index in [9.17, 15) is 0 Å². The molecule has 0 aliphatic rings. The molecule has 0 aliphatic carbocycles. The second-order valence-corrected chi connectivity index (χ2v) is 6.37. The van der Waals surface area contributed by atoms with Gasteiger partial charge in [0.1, 0.15) is 0 Å². The number of benzene rings is 2. The van der Waals surface area contributed by atoms with E-state index in [1.807, 2.05) is 6.92 Å². The maximum absolute atomic E-state index is 2.24. The van der Waals surface area contributed by atoms with Crippen LogP contribution in [0.1, 0.15) is 49.9 Å². The van der Waals surface area contributed by atoms with Gasteiger partial charge in [0.15, 0.2) is 0 Å². The normalized spacial score (nSPS) is 12.4. The van der Waals surface area contributed by atoms with Crippen LogP contribution in [-0.4, -0.2) is 0 Å². The van der Waals surface area contributed by atoms with Gasteiger partial charge in [-0.15, -0.1) is 0 Å². The third kappa shape index (κ3) is 4.46. The molecule has 0 aromatic heterocycles. The van der Waals surface area contributed by atoms with E-state index in [1.165, 1.54) is 22.3 Å². The first-order valence-electron chi connectivity index (χ1n) is 7.50. The zero-order valence-electron chi connectivity index (χ0n) is 13.4. The Kier molecular flexibility index (Phi) is 4.80. The maximum atomic E-state index is 2.24. The molecule has 0 amide bonds. The Bertz CT molecular complexity index is 617. The third-order valence-electron chi connectivity index (χ3n) is 3.54. The topological polar surface area (TPSA) is 0 Å². The quantitative estimate of drug-likeness (QED) is 0.586. The summed E-state index contributed by atoms with van der Waals surface area (Å²) < 4.78 is 0. The lowest BCUT2D eigenvalue weighted by molar-refractivity contribution is 0.590. The van der Waals surface area contributed by atoms with Crippen molar-refractivity contribution >= 4 is 18.2 Å². The molecule has 0 unspecified atom stereocenters. The molecule has 0 heterocycles. The van der Waals surface area contributed by atoms with Gasteiger partial charge in [-0.25, -0.2) is 0 Å². The van der Waals surface area contributed by atoms with E-state index >= 15 is 0 Å². The minimum Gasteiger partial charge on any atom is -0.0871 e. The van der Waals surface area contributed by atoms with Gasteiger partial charge in [0, 0.05) is 0 Å². The third-order valence-corrected chi connectivity index (χ3v) is 3.54. The lowest BCUT2D eigenvalue weighted by Crippen LogP contribution is -2.10. The summed E-state index contributed by atoms with van der Waals surface area (Å²) in [5, 5.41) is 0. The van der Waals surface area contributed by atoms with Crippen LogP contribution in [0.5, 0.6) is 0 Å². The van der Waals surface area contributed by atoms with Crippen molar-refractivity contribution < 1.29 is 0 Å². The highest BCUT2D eigenvalue weighted by Gasteiger charge is 2.12. The monoisotopic (exact) mass is 276 g/mol. The van der Waals surface area contributed by atoms with Gasteiger partial charge in [-0.3, -0.25) is 0 Å². The molecule has 0 saturated heterocycles. The summed E-state index contributed by atoms with van der Waals surface area (Å²) in [6.07, 6.45) is 8.49. The highest BCUT2D eigenvalue weighted by molar-refractivity contribution is 5.70. The van der Waals surface area contributed by atoms with Gasteiger partial charge in [0.05, 0.1) is 0 Å². The Labute approximate surface area is 128 Å². The smallest absolute Gasteiger partial charge is 0.0132 e. The van der Waals surface area contributed by atoms with Crippen LogP contribution in [0.4, 0.5) is 0 Å². The number of hydrogen-bond acceptors (Lipinski definition) is 0. The molecule has 0 radical (unpaired) electrons. The molecular formula is C21H24. The zero-order chi connectivity index (χ0) is 15.3. The van der Waals surface area contributed by atoms with Crippen molar-refractivity contribution in [2.24, 2.45) is 0 Å². The highest BCUT2D eigenvalue weighted by Crippen LogP contribution is 2.22. The Morgan fingerprint density at radius 3 is 1.38 bits per heavy atom. The molecule has 0 bridgehead atoms. The standard InChI is InChI=1S/C21H24/c1-5-6-17-7-9-18(10-8-17)11-12-19-13-15-20(16-14-19)21(2,3)4/h5-16H,1-4H3. The van der Waals surface area contributed by atoms with Gasteiger partial charge >= 0.3 is 0 Å². The fourth-order valence-corrected chi connectivity index (χ4v) is 2.20. The zero-order valence-corrected chi connectivity index (χ0v) is 13.4. The molecule has 0 fully saturated rings. The van der Waals surface area contributed by atoms with Crippen LogP contribution < -0.4 is 0 Å². The van der Waals surface area contributed by atoms with E-state index in [1.54, 1.807) is 0 Å². The lowest BCUT2D eigenvalue weighted by Gasteiger charge is -2.18. The second-order valence-electron chi connectivity index (χ2n) is 6.37. The molecular weight excluding hydrogens is 252 g/mol. The maximum Gasteiger partial charge on any atom is -0.0132 e. The summed E-state index contributed by atoms with van der Waals surface area (Å²) in [6.45, 7) is 8.76. The van der Waals surface area contributed by atoms with Gasteiger partial charge in [0.25, 0.3) is 0 Å². The summed E-state index contributed by atoms with van der Waals surface area (Å²) in [7, 11) is 0. The number of rotatable bonds is 3. The lowest BCUT2D eigenvalue weighted by atomic mass is 9.87. The van der Waals surface area contributed by atoms with Crippen molar-refractivity contribution in [1.29, 1.82) is 0 Å². The van der Waals surface area contributed by atoms with E-state index in [0.717, 1.165) is 0 Å². The molecule has 0 heteroatoms. The summed E-state index contributed by atoms with van der Waals surface area (Å²) in [5.74, 6) is 0. The molecule has 0 N–H and O–H groups in total. The van der Waals surface area contributed by atoms with Crippen LogP contribution >= 0.6 is 0 Å². The molecule has 0 atom stereocenters. The van der Waals surface area contributed by atoms with Crippen LogP contribution in [-0.2, 0) is 5.41 Å². The predicted octanol–water partition coefficient (Wildman–Crippen LogP) is 6.19. The molecule has 2 aromatic carbocycles. The number of allylic oxidation sites excluding steroid dienone is 1. The van der Waals surface area contributed by atoms with Crippen LogP contribution in [0.3, 0.4) is 0 Å². The minimum atomic E-state index is 0.213. The van der Waals surface area contributed by atoms with Gasteiger partial charge in [-0.05, 0) is 34.6 Å². The van der Waals surface area contributed by atoms with Gasteiger partial charge in [0.2, 0.25) is 0 Å². The van der Waals surface area contributed by atoms with Gasteiger partial charge in [-0.2, -0.15) is 0 Å². The molecule has 108 valence electrons. The molecule has 2 aromatic rings. The fourth-order valence-electron chi connectivity index (χ4n) is 2.20. The van der Waals surface area contributed by atoms with E-state index in [4.69, 9.17) is 0 Å². The first kappa shape index (κ1) is 15.3. The Balaban J connectivity index is 2.10. The van der Waals surface area contributed by atoms with Crippen molar-refractivity contribution in [3.05, 3.63) is 76.9 Å². The van der Waals surface area contributed by atoms with Crippen LogP contribution in [0.2, 0.25) is 0 Å².